The highest BCUT2D eigenvalue weighted by molar-refractivity contribution is 5.13. The number of aliphatic hydroxyl groups excluding tert-OH is 7. The van der Waals surface area contributed by atoms with Crippen molar-refractivity contribution < 1.29 is 35.7 Å². The molecule has 7 nitrogen and oxygen atoms in total. The average molecular weight is 847 g/mol. The van der Waals surface area contributed by atoms with Gasteiger partial charge in [0.1, 0.15) is 0 Å². The molecule has 0 aromatic rings. The summed E-state index contributed by atoms with van der Waals surface area (Å²) in [6.45, 7) is 12.4. The Kier molecular flexibility index (Phi) is 17.1. The molecular formula is C54H86O7. The molecular weight excluding hydrogens is 761 g/mol. The van der Waals surface area contributed by atoms with E-state index in [-0.39, 0.29) is 24.4 Å². The maximum absolute atomic E-state index is 9.53. The zero-order chi connectivity index (χ0) is 43.2. The lowest BCUT2D eigenvalue weighted by molar-refractivity contribution is 0.0709. The first-order chi connectivity index (χ1) is 29.5. The van der Waals surface area contributed by atoms with Crippen molar-refractivity contribution in [3.8, 4) is 0 Å². The summed E-state index contributed by atoms with van der Waals surface area (Å²) in [5, 5.41) is 64.1. The van der Waals surface area contributed by atoms with Crippen LogP contribution < -0.4 is 0 Å². The summed E-state index contributed by atoms with van der Waals surface area (Å²) in [6.07, 6.45) is 37.8. The summed E-state index contributed by atoms with van der Waals surface area (Å²) in [6, 6.07) is 0. The Morgan fingerprint density at radius 2 is 0.918 bits per heavy atom. The minimum absolute atomic E-state index is 0.0123. The number of fused-ring (bicyclic) bond motifs is 12. The van der Waals surface area contributed by atoms with Crippen LogP contribution in [0.2, 0.25) is 0 Å². The molecule has 10 saturated carbocycles. The zero-order valence-corrected chi connectivity index (χ0v) is 37.6. The molecule has 0 radical (unpaired) electrons. The summed E-state index contributed by atoms with van der Waals surface area (Å²) in [5.74, 6) is 13.0. The monoisotopic (exact) mass is 847 g/mol. The van der Waals surface area contributed by atoms with Crippen LogP contribution in [0.4, 0.5) is 0 Å². The van der Waals surface area contributed by atoms with E-state index in [0.29, 0.717) is 67.2 Å². The van der Waals surface area contributed by atoms with Crippen LogP contribution in [0.1, 0.15) is 122 Å². The Labute approximate surface area is 369 Å². The normalized spacial score (nSPS) is 48.3. The molecule has 0 spiro atoms. The molecule has 10 fully saturated rings. The molecule has 7 heteroatoms. The standard InChI is InChI=1S/2C9H16O2.3C9H14O.C9H12/c10-2-1-7-3-6-4-8(7)9(11)5-6;10-2-1-6-3-8-4-7(6)5-9(8)11;1-2-7-3-6-4-8(7)9(10)5-6;1-2-6-3-8-4-7(6)5-9(8)10;10-4-3-9-6-7-1-2-8(9)5-7;1-2-8-5-7-3-4-9(8)6-7/h2*6-11H,1-5H2;2*2,6-10H,1,3-5H2;1-2,7-10H,3-6H2;2-4,7-9H,1,5-6H2. The van der Waals surface area contributed by atoms with Crippen molar-refractivity contribution in [3.63, 3.8) is 0 Å². The lowest BCUT2D eigenvalue weighted by Crippen LogP contribution is -2.24. The minimum Gasteiger partial charge on any atom is -0.396 e. The molecule has 0 saturated heterocycles. The van der Waals surface area contributed by atoms with Crippen molar-refractivity contribution in [2.75, 3.05) is 19.8 Å². The molecule has 12 rings (SSSR count). The number of hydrogen-bond donors (Lipinski definition) is 7. The molecule has 0 aromatic carbocycles. The highest BCUT2D eigenvalue weighted by Crippen LogP contribution is 2.52. The lowest BCUT2D eigenvalue weighted by Gasteiger charge is -2.25. The van der Waals surface area contributed by atoms with E-state index in [1.165, 1.54) is 70.6 Å². The van der Waals surface area contributed by atoms with Gasteiger partial charge in [-0.2, -0.15) is 0 Å². The van der Waals surface area contributed by atoms with Gasteiger partial charge in [-0.1, -0.05) is 42.5 Å². The van der Waals surface area contributed by atoms with Crippen molar-refractivity contribution in [1.82, 2.24) is 0 Å². The predicted octanol–water partition coefficient (Wildman–Crippen LogP) is 8.68. The van der Waals surface area contributed by atoms with Gasteiger partial charge in [-0.25, -0.2) is 0 Å². The van der Waals surface area contributed by atoms with E-state index in [4.69, 9.17) is 15.3 Å². The van der Waals surface area contributed by atoms with Gasteiger partial charge in [0.05, 0.1) is 24.4 Å². The van der Waals surface area contributed by atoms with Crippen LogP contribution in [0, 0.1) is 107 Å². The number of rotatable bonds is 9. The largest absolute Gasteiger partial charge is 0.396 e. The fraction of sp³-hybridized carbons (Fsp3) is 0.815. The summed E-state index contributed by atoms with van der Waals surface area (Å²) in [5.41, 5.74) is 0. The van der Waals surface area contributed by atoms with Crippen molar-refractivity contribution in [3.05, 3.63) is 62.3 Å². The lowest BCUT2D eigenvalue weighted by atomic mass is 9.85. The molecule has 0 heterocycles. The molecule has 0 aromatic heterocycles. The van der Waals surface area contributed by atoms with Crippen LogP contribution >= 0.6 is 0 Å². The van der Waals surface area contributed by atoms with Crippen LogP contribution in [-0.4, -0.2) is 80.0 Å². The summed E-state index contributed by atoms with van der Waals surface area (Å²) in [7, 11) is 0. The van der Waals surface area contributed by atoms with E-state index < -0.39 is 0 Å². The maximum Gasteiger partial charge on any atom is 0.0576 e. The van der Waals surface area contributed by atoms with E-state index in [2.05, 4.69) is 56.2 Å². The Hall–Kier alpha value is -1.58. The Morgan fingerprint density at radius 1 is 0.377 bits per heavy atom. The fourth-order valence-corrected chi connectivity index (χ4v) is 15.5. The first-order valence-corrected chi connectivity index (χ1v) is 25.3. The smallest absolute Gasteiger partial charge is 0.0576 e. The topological polar surface area (TPSA) is 142 Å². The molecule has 12 aliphatic carbocycles. The molecule has 22 unspecified atom stereocenters. The van der Waals surface area contributed by atoms with Gasteiger partial charge in [-0.05, 0) is 229 Å². The molecule has 12 aliphatic rings. The second-order valence-electron chi connectivity index (χ2n) is 22.3. The molecule has 0 amide bonds. The Balaban J connectivity index is 0.000000110. The summed E-state index contributed by atoms with van der Waals surface area (Å²) >= 11 is 0. The number of aliphatic hydroxyl groups is 7. The van der Waals surface area contributed by atoms with Crippen LogP contribution in [-0.2, 0) is 0 Å². The quantitative estimate of drug-likeness (QED) is 0.115. The van der Waals surface area contributed by atoms with Crippen LogP contribution in [0.15, 0.2) is 62.3 Å². The van der Waals surface area contributed by atoms with Gasteiger partial charge < -0.3 is 35.7 Å². The van der Waals surface area contributed by atoms with Crippen molar-refractivity contribution in [2.45, 2.75) is 146 Å². The third kappa shape index (κ3) is 11.5. The second kappa shape index (κ2) is 22.1. The van der Waals surface area contributed by atoms with Gasteiger partial charge in [0.15, 0.2) is 0 Å². The Morgan fingerprint density at radius 3 is 1.31 bits per heavy atom. The minimum atomic E-state index is -0.0506. The van der Waals surface area contributed by atoms with Crippen molar-refractivity contribution in [2.24, 2.45) is 107 Å². The van der Waals surface area contributed by atoms with E-state index in [1.54, 1.807) is 0 Å². The zero-order valence-electron chi connectivity index (χ0n) is 37.6. The summed E-state index contributed by atoms with van der Waals surface area (Å²) < 4.78 is 0. The predicted molar refractivity (Wildman–Crippen MR) is 245 cm³/mol. The molecule has 0 aliphatic heterocycles. The highest BCUT2D eigenvalue weighted by atomic mass is 16.3. The first-order valence-electron chi connectivity index (χ1n) is 25.3. The van der Waals surface area contributed by atoms with Crippen LogP contribution in [0.25, 0.3) is 0 Å². The molecule has 344 valence electrons. The fourth-order valence-electron chi connectivity index (χ4n) is 15.5. The maximum atomic E-state index is 9.53. The SMILES string of the molecule is C=CC1CC2C=CC1C2.C=CC1CC2CC(O)C1C2.C=CC1CC2CC1CC2O.OCCC1CC2C=CC1C2.OCCC1CC2CC(O)C1C2.OCCC1CC2CC1CC2O. The van der Waals surface area contributed by atoms with Crippen LogP contribution in [0.5, 0.6) is 0 Å². The molecule has 22 atom stereocenters. The van der Waals surface area contributed by atoms with E-state index in [1.807, 2.05) is 6.08 Å². The third-order valence-corrected chi connectivity index (χ3v) is 18.7. The van der Waals surface area contributed by atoms with Gasteiger partial charge in [0.2, 0.25) is 0 Å². The van der Waals surface area contributed by atoms with Gasteiger partial charge in [0, 0.05) is 19.8 Å². The van der Waals surface area contributed by atoms with E-state index >= 15 is 0 Å². The van der Waals surface area contributed by atoms with Crippen molar-refractivity contribution >= 4 is 0 Å². The molecule has 61 heavy (non-hydrogen) atoms. The van der Waals surface area contributed by atoms with Crippen molar-refractivity contribution in [1.29, 1.82) is 0 Å². The number of allylic oxidation sites excluding steroid dienone is 7. The average Bonchev–Trinajstić information content (AvgIpc) is 4.10. The van der Waals surface area contributed by atoms with E-state index in [0.717, 1.165) is 111 Å². The van der Waals surface area contributed by atoms with E-state index in [9.17, 15) is 20.4 Å². The van der Waals surface area contributed by atoms with Gasteiger partial charge in [-0.15, -0.1) is 19.7 Å². The third-order valence-electron chi connectivity index (χ3n) is 18.7. The first kappa shape index (κ1) is 47.4. The van der Waals surface area contributed by atoms with Gasteiger partial charge in [-0.3, -0.25) is 0 Å². The Bertz CT molecular complexity index is 1460. The summed E-state index contributed by atoms with van der Waals surface area (Å²) in [4.78, 5) is 0. The highest BCUT2D eigenvalue weighted by Gasteiger charge is 2.47. The number of hydrogen-bond acceptors (Lipinski definition) is 7. The van der Waals surface area contributed by atoms with Crippen LogP contribution in [0.3, 0.4) is 0 Å². The second-order valence-corrected chi connectivity index (χ2v) is 22.3. The van der Waals surface area contributed by atoms with Gasteiger partial charge in [0.25, 0.3) is 0 Å². The molecule has 7 N–H and O–H groups in total. The molecule has 12 bridgehead atoms. The van der Waals surface area contributed by atoms with Gasteiger partial charge >= 0.3 is 0 Å².